The predicted molar refractivity (Wildman–Crippen MR) is 101 cm³/mol. The van der Waals surface area contributed by atoms with E-state index in [1.807, 2.05) is 24.3 Å². The molecule has 0 spiro atoms. The van der Waals surface area contributed by atoms with Crippen molar-refractivity contribution in [3.05, 3.63) is 64.3 Å². The molecule has 134 valence electrons. The fourth-order valence-electron chi connectivity index (χ4n) is 2.60. The van der Waals surface area contributed by atoms with Gasteiger partial charge in [-0.25, -0.2) is 9.79 Å². The molecule has 0 saturated carbocycles. The maximum absolute atomic E-state index is 12.1. The van der Waals surface area contributed by atoms with Gasteiger partial charge in [0.1, 0.15) is 11.5 Å². The number of rotatable bonds is 6. The van der Waals surface area contributed by atoms with E-state index < -0.39 is 5.97 Å². The van der Waals surface area contributed by atoms with Gasteiger partial charge in [-0.2, -0.15) is 0 Å². The second-order valence-corrected chi connectivity index (χ2v) is 6.10. The van der Waals surface area contributed by atoms with E-state index >= 15 is 0 Å². The molecule has 1 aliphatic rings. The molecule has 5 nitrogen and oxygen atoms in total. The maximum Gasteiger partial charge on any atom is 0.363 e. The number of aliphatic imine (C=N–C) groups is 1. The molecule has 0 atom stereocenters. The largest absolute Gasteiger partial charge is 0.497 e. The number of ether oxygens (including phenoxy) is 3. The lowest BCUT2D eigenvalue weighted by Crippen LogP contribution is -2.05. The van der Waals surface area contributed by atoms with E-state index in [1.54, 1.807) is 38.5 Å². The fourth-order valence-corrected chi connectivity index (χ4v) is 2.82. The van der Waals surface area contributed by atoms with Crippen LogP contribution in [0, 0.1) is 0 Å². The van der Waals surface area contributed by atoms with Crippen molar-refractivity contribution >= 4 is 29.5 Å². The van der Waals surface area contributed by atoms with Gasteiger partial charge in [0.05, 0.1) is 14.2 Å². The van der Waals surface area contributed by atoms with Crippen molar-refractivity contribution in [2.24, 2.45) is 4.99 Å². The van der Waals surface area contributed by atoms with Crippen LogP contribution < -0.4 is 9.47 Å². The highest BCUT2D eigenvalue weighted by Gasteiger charge is 2.23. The summed E-state index contributed by atoms with van der Waals surface area (Å²) in [6.07, 6.45) is 2.83. The summed E-state index contributed by atoms with van der Waals surface area (Å²) in [7, 11) is 3.14. The fraction of sp³-hybridized carbons (Fsp3) is 0.200. The molecule has 0 fully saturated rings. The normalized spacial score (nSPS) is 15.0. The van der Waals surface area contributed by atoms with Gasteiger partial charge < -0.3 is 14.2 Å². The Morgan fingerprint density at radius 1 is 1.12 bits per heavy atom. The maximum atomic E-state index is 12.1. The molecular formula is C20H18ClNO4. The van der Waals surface area contributed by atoms with Crippen LogP contribution in [0.25, 0.3) is 6.08 Å². The highest BCUT2D eigenvalue weighted by Crippen LogP contribution is 2.28. The van der Waals surface area contributed by atoms with E-state index in [1.165, 1.54) is 0 Å². The summed E-state index contributed by atoms with van der Waals surface area (Å²) >= 11 is 5.98. The number of benzene rings is 2. The molecule has 0 saturated heterocycles. The van der Waals surface area contributed by atoms with Crippen molar-refractivity contribution in [1.29, 1.82) is 0 Å². The van der Waals surface area contributed by atoms with Crippen molar-refractivity contribution < 1.29 is 19.0 Å². The van der Waals surface area contributed by atoms with Crippen LogP contribution >= 0.6 is 11.6 Å². The van der Waals surface area contributed by atoms with Crippen molar-refractivity contribution in [2.75, 3.05) is 14.2 Å². The molecule has 0 unspecified atom stereocenters. The Morgan fingerprint density at radius 2 is 1.96 bits per heavy atom. The van der Waals surface area contributed by atoms with Gasteiger partial charge in [-0.15, -0.1) is 0 Å². The SMILES string of the molecule is COc1ccc(OC)c(/C=C2\N=C(CCc3cccc(Cl)c3)OC2=O)c1. The molecule has 26 heavy (non-hydrogen) atoms. The zero-order valence-electron chi connectivity index (χ0n) is 14.5. The van der Waals surface area contributed by atoms with Crippen molar-refractivity contribution in [3.63, 3.8) is 0 Å². The third-order valence-electron chi connectivity index (χ3n) is 3.91. The summed E-state index contributed by atoms with van der Waals surface area (Å²) in [5.74, 6) is 1.20. The quantitative estimate of drug-likeness (QED) is 0.561. The average Bonchev–Trinajstić information content (AvgIpc) is 2.99. The van der Waals surface area contributed by atoms with E-state index in [4.69, 9.17) is 25.8 Å². The van der Waals surface area contributed by atoms with Crippen molar-refractivity contribution in [2.45, 2.75) is 12.8 Å². The number of aryl methyl sites for hydroxylation is 1. The average molecular weight is 372 g/mol. The second-order valence-electron chi connectivity index (χ2n) is 5.66. The van der Waals surface area contributed by atoms with Crippen LogP contribution in [-0.4, -0.2) is 26.1 Å². The third-order valence-corrected chi connectivity index (χ3v) is 4.15. The molecule has 3 rings (SSSR count). The predicted octanol–water partition coefficient (Wildman–Crippen LogP) is 4.29. The van der Waals surface area contributed by atoms with Gasteiger partial charge in [-0.05, 0) is 48.4 Å². The number of carbonyl (C=O) groups is 1. The van der Waals surface area contributed by atoms with Gasteiger partial charge >= 0.3 is 5.97 Å². The molecule has 0 aliphatic carbocycles. The summed E-state index contributed by atoms with van der Waals surface area (Å²) in [6, 6.07) is 12.9. The van der Waals surface area contributed by atoms with Crippen LogP contribution in [0.3, 0.4) is 0 Å². The lowest BCUT2D eigenvalue weighted by Gasteiger charge is -2.07. The number of hydrogen-bond acceptors (Lipinski definition) is 5. The van der Waals surface area contributed by atoms with Gasteiger partial charge in [-0.3, -0.25) is 0 Å². The number of halogens is 1. The first-order valence-corrected chi connectivity index (χ1v) is 8.45. The number of carbonyl (C=O) groups excluding carboxylic acids is 1. The minimum absolute atomic E-state index is 0.234. The van der Waals surface area contributed by atoms with Gasteiger partial charge in [0, 0.05) is 17.0 Å². The first kappa shape index (κ1) is 18.0. The Hall–Kier alpha value is -2.79. The van der Waals surface area contributed by atoms with Gasteiger partial charge in [-0.1, -0.05) is 23.7 Å². The van der Waals surface area contributed by atoms with E-state index in [0.29, 0.717) is 40.8 Å². The van der Waals surface area contributed by atoms with Gasteiger partial charge in [0.2, 0.25) is 0 Å². The molecule has 6 heteroatoms. The van der Waals surface area contributed by atoms with Crippen LogP contribution in [0.2, 0.25) is 5.02 Å². The van der Waals surface area contributed by atoms with Gasteiger partial charge in [0.25, 0.3) is 0 Å². The Labute approximate surface area is 156 Å². The molecular weight excluding hydrogens is 354 g/mol. The number of methoxy groups -OCH3 is 2. The van der Waals surface area contributed by atoms with E-state index in [9.17, 15) is 4.79 Å². The van der Waals surface area contributed by atoms with E-state index in [-0.39, 0.29) is 5.70 Å². The minimum atomic E-state index is -0.476. The smallest absolute Gasteiger partial charge is 0.363 e. The van der Waals surface area contributed by atoms with Crippen LogP contribution in [-0.2, 0) is 16.0 Å². The number of hydrogen-bond donors (Lipinski definition) is 0. The standard InChI is InChI=1S/C20H18ClNO4/c1-24-16-7-8-18(25-2)14(11-16)12-17-20(23)26-19(22-17)9-6-13-4-3-5-15(21)10-13/h3-5,7-8,10-12H,6,9H2,1-2H3/b17-12-. The summed E-state index contributed by atoms with van der Waals surface area (Å²) in [6.45, 7) is 0. The Bertz CT molecular complexity index is 889. The van der Waals surface area contributed by atoms with Gasteiger partial charge in [0.15, 0.2) is 11.6 Å². The minimum Gasteiger partial charge on any atom is -0.497 e. The molecule has 0 radical (unpaired) electrons. The monoisotopic (exact) mass is 371 g/mol. The first-order chi connectivity index (χ1) is 12.6. The summed E-state index contributed by atoms with van der Waals surface area (Å²) in [5.41, 5.74) is 1.99. The molecule has 1 aliphatic heterocycles. The van der Waals surface area contributed by atoms with Crippen LogP contribution in [0.4, 0.5) is 0 Å². The molecule has 0 N–H and O–H groups in total. The van der Waals surface area contributed by atoms with E-state index in [0.717, 1.165) is 5.56 Å². The van der Waals surface area contributed by atoms with Crippen LogP contribution in [0.15, 0.2) is 53.2 Å². The summed E-state index contributed by atoms with van der Waals surface area (Å²) < 4.78 is 15.8. The third kappa shape index (κ3) is 4.24. The second kappa shape index (κ2) is 8.06. The van der Waals surface area contributed by atoms with Crippen LogP contribution in [0.1, 0.15) is 17.5 Å². The molecule has 2 aromatic rings. The molecule has 0 aromatic heterocycles. The van der Waals surface area contributed by atoms with Crippen molar-refractivity contribution in [3.8, 4) is 11.5 Å². The Balaban J connectivity index is 1.78. The lowest BCUT2D eigenvalue weighted by molar-refractivity contribution is -0.130. The Morgan fingerprint density at radius 3 is 2.69 bits per heavy atom. The Kier molecular flexibility index (Phi) is 5.58. The van der Waals surface area contributed by atoms with E-state index in [2.05, 4.69) is 4.99 Å². The van der Waals surface area contributed by atoms with Crippen LogP contribution in [0.5, 0.6) is 11.5 Å². The highest BCUT2D eigenvalue weighted by atomic mass is 35.5. The zero-order valence-corrected chi connectivity index (χ0v) is 15.2. The number of nitrogens with zero attached hydrogens (tertiary/aromatic N) is 1. The van der Waals surface area contributed by atoms with Crippen molar-refractivity contribution in [1.82, 2.24) is 0 Å². The first-order valence-electron chi connectivity index (χ1n) is 8.07. The summed E-state index contributed by atoms with van der Waals surface area (Å²) in [4.78, 5) is 16.4. The molecule has 0 bridgehead atoms. The lowest BCUT2D eigenvalue weighted by atomic mass is 10.1. The zero-order chi connectivity index (χ0) is 18.5. The summed E-state index contributed by atoms with van der Waals surface area (Å²) in [5, 5.41) is 0.679. The molecule has 1 heterocycles. The number of cyclic esters (lactones) is 1. The highest BCUT2D eigenvalue weighted by molar-refractivity contribution is 6.30. The molecule has 0 amide bonds. The molecule has 2 aromatic carbocycles. The topological polar surface area (TPSA) is 57.1 Å². The number of esters is 1.